The molecule has 4 atom stereocenters. The van der Waals surface area contributed by atoms with E-state index in [4.69, 9.17) is 4.74 Å². The number of methoxy groups -OCH3 is 1. The number of hydrogen-bond acceptors (Lipinski definition) is 2. The van der Waals surface area contributed by atoms with Gasteiger partial charge in [-0.3, -0.25) is 0 Å². The second kappa shape index (κ2) is 4.24. The van der Waals surface area contributed by atoms with Gasteiger partial charge in [-0.1, -0.05) is 6.07 Å². The van der Waals surface area contributed by atoms with Crippen molar-refractivity contribution in [1.82, 2.24) is 4.90 Å². The van der Waals surface area contributed by atoms with Gasteiger partial charge in [0, 0.05) is 12.6 Å². The SMILES string of the molecule is COc1ccc2c(c1)CC[C@]13CN(C)[C@@H](C)[C@H]1CC[C@@H]23. The normalized spacial score (nSPS) is 39.2. The third-order valence-corrected chi connectivity index (χ3v) is 6.61. The first kappa shape index (κ1) is 12.7. The third kappa shape index (κ3) is 1.49. The van der Waals surface area contributed by atoms with Crippen molar-refractivity contribution >= 4 is 0 Å². The molecule has 0 radical (unpaired) electrons. The van der Waals surface area contributed by atoms with Crippen molar-refractivity contribution in [1.29, 1.82) is 0 Å². The number of likely N-dealkylation sites (tertiary alicyclic amines) is 1. The highest BCUT2D eigenvalue weighted by Gasteiger charge is 2.58. The Morgan fingerprint density at radius 2 is 2.15 bits per heavy atom. The van der Waals surface area contributed by atoms with E-state index in [1.165, 1.54) is 32.2 Å². The molecule has 2 aliphatic carbocycles. The van der Waals surface area contributed by atoms with Crippen LogP contribution >= 0.6 is 0 Å². The lowest BCUT2D eigenvalue weighted by atomic mass is 9.63. The van der Waals surface area contributed by atoms with Crippen LogP contribution in [-0.2, 0) is 6.42 Å². The van der Waals surface area contributed by atoms with E-state index in [0.29, 0.717) is 5.41 Å². The first-order chi connectivity index (χ1) is 9.65. The smallest absolute Gasteiger partial charge is 0.119 e. The highest BCUT2D eigenvalue weighted by Crippen LogP contribution is 2.63. The second-order valence-corrected chi connectivity index (χ2v) is 7.19. The molecule has 4 rings (SSSR count). The van der Waals surface area contributed by atoms with Crippen LogP contribution in [0.3, 0.4) is 0 Å². The highest BCUT2D eigenvalue weighted by molar-refractivity contribution is 5.42. The van der Waals surface area contributed by atoms with Crippen LogP contribution < -0.4 is 4.74 Å². The molecule has 2 nitrogen and oxygen atoms in total. The van der Waals surface area contributed by atoms with Gasteiger partial charge in [-0.25, -0.2) is 0 Å². The number of hydrogen-bond donors (Lipinski definition) is 0. The lowest BCUT2D eigenvalue weighted by molar-refractivity contribution is 0.188. The fourth-order valence-electron chi connectivity index (χ4n) is 5.58. The van der Waals surface area contributed by atoms with E-state index in [-0.39, 0.29) is 0 Å². The minimum atomic E-state index is 0.565. The third-order valence-electron chi connectivity index (χ3n) is 6.61. The topological polar surface area (TPSA) is 12.5 Å². The molecule has 1 saturated carbocycles. The first-order valence-electron chi connectivity index (χ1n) is 8.03. The van der Waals surface area contributed by atoms with E-state index in [1.807, 2.05) is 0 Å². The Balaban J connectivity index is 1.77. The zero-order chi connectivity index (χ0) is 13.9. The van der Waals surface area contributed by atoms with E-state index in [0.717, 1.165) is 23.6 Å². The fourth-order valence-corrected chi connectivity index (χ4v) is 5.58. The molecule has 0 aromatic heterocycles. The van der Waals surface area contributed by atoms with Crippen LogP contribution in [0, 0.1) is 11.3 Å². The van der Waals surface area contributed by atoms with Gasteiger partial charge in [0.1, 0.15) is 5.75 Å². The monoisotopic (exact) mass is 271 g/mol. The Bertz CT molecular complexity index is 540. The molecular weight excluding hydrogens is 246 g/mol. The summed E-state index contributed by atoms with van der Waals surface area (Å²) in [5.74, 6) is 2.72. The molecule has 2 fully saturated rings. The molecule has 0 N–H and O–H groups in total. The van der Waals surface area contributed by atoms with Crippen LogP contribution in [-0.4, -0.2) is 31.6 Å². The number of rotatable bonds is 1. The van der Waals surface area contributed by atoms with Gasteiger partial charge in [-0.05, 0) is 80.2 Å². The predicted octanol–water partition coefficient (Wildman–Crippen LogP) is 3.46. The summed E-state index contributed by atoms with van der Waals surface area (Å²) in [5.41, 5.74) is 3.74. The van der Waals surface area contributed by atoms with Crippen LogP contribution in [0.1, 0.15) is 43.2 Å². The van der Waals surface area contributed by atoms with E-state index in [2.05, 4.69) is 37.1 Å². The van der Waals surface area contributed by atoms with Gasteiger partial charge >= 0.3 is 0 Å². The van der Waals surface area contributed by atoms with Gasteiger partial charge in [-0.15, -0.1) is 0 Å². The highest BCUT2D eigenvalue weighted by atomic mass is 16.5. The fraction of sp³-hybridized carbons (Fsp3) is 0.667. The van der Waals surface area contributed by atoms with Crippen LogP contribution in [0.25, 0.3) is 0 Å². The summed E-state index contributed by atoms with van der Waals surface area (Å²) in [7, 11) is 4.09. The Hall–Kier alpha value is -1.02. The Kier molecular flexibility index (Phi) is 2.69. The maximum atomic E-state index is 5.40. The molecule has 1 saturated heterocycles. The summed E-state index contributed by atoms with van der Waals surface area (Å²) in [6.07, 6.45) is 5.42. The van der Waals surface area contributed by atoms with E-state index in [9.17, 15) is 0 Å². The number of benzene rings is 1. The van der Waals surface area contributed by atoms with Crippen LogP contribution in [0.5, 0.6) is 5.75 Å². The predicted molar refractivity (Wildman–Crippen MR) is 81.3 cm³/mol. The summed E-state index contributed by atoms with van der Waals surface area (Å²) in [4.78, 5) is 2.60. The van der Waals surface area contributed by atoms with Crippen molar-refractivity contribution in [3.05, 3.63) is 29.3 Å². The van der Waals surface area contributed by atoms with Gasteiger partial charge in [-0.2, -0.15) is 0 Å². The average molecular weight is 271 g/mol. The number of ether oxygens (including phenoxy) is 1. The largest absolute Gasteiger partial charge is 0.497 e. The minimum Gasteiger partial charge on any atom is -0.497 e. The van der Waals surface area contributed by atoms with Crippen molar-refractivity contribution in [3.63, 3.8) is 0 Å². The maximum absolute atomic E-state index is 5.40. The van der Waals surface area contributed by atoms with Gasteiger partial charge in [0.2, 0.25) is 0 Å². The zero-order valence-electron chi connectivity index (χ0n) is 12.9. The van der Waals surface area contributed by atoms with Gasteiger partial charge < -0.3 is 9.64 Å². The van der Waals surface area contributed by atoms with Gasteiger partial charge in [0.15, 0.2) is 0 Å². The molecule has 1 aliphatic heterocycles. The van der Waals surface area contributed by atoms with Crippen molar-refractivity contribution in [2.24, 2.45) is 11.3 Å². The lowest BCUT2D eigenvalue weighted by Gasteiger charge is -2.41. The molecular formula is C18H25NO. The maximum Gasteiger partial charge on any atom is 0.119 e. The molecule has 0 bridgehead atoms. The molecule has 20 heavy (non-hydrogen) atoms. The number of nitrogens with zero attached hydrogens (tertiary/aromatic N) is 1. The molecule has 1 heterocycles. The molecule has 108 valence electrons. The summed E-state index contributed by atoms with van der Waals surface area (Å²) in [5, 5.41) is 0. The van der Waals surface area contributed by atoms with E-state index in [1.54, 1.807) is 18.2 Å². The van der Waals surface area contributed by atoms with Crippen molar-refractivity contribution in [2.75, 3.05) is 20.7 Å². The van der Waals surface area contributed by atoms with E-state index >= 15 is 0 Å². The number of aryl methyl sites for hydroxylation is 1. The van der Waals surface area contributed by atoms with Crippen LogP contribution in [0.2, 0.25) is 0 Å². The summed E-state index contributed by atoms with van der Waals surface area (Å²) < 4.78 is 5.40. The molecule has 0 unspecified atom stereocenters. The van der Waals surface area contributed by atoms with Crippen molar-refractivity contribution in [2.45, 2.75) is 44.6 Å². The number of fused-ring (bicyclic) bond motifs is 2. The molecule has 1 spiro atoms. The molecule has 0 amide bonds. The minimum absolute atomic E-state index is 0.565. The zero-order valence-corrected chi connectivity index (χ0v) is 12.9. The van der Waals surface area contributed by atoms with Crippen molar-refractivity contribution < 1.29 is 4.74 Å². The Labute approximate surface area is 122 Å². The Morgan fingerprint density at radius 1 is 1.30 bits per heavy atom. The second-order valence-electron chi connectivity index (χ2n) is 7.19. The molecule has 1 aromatic rings. The molecule has 3 aliphatic rings. The standard InChI is InChI=1S/C18H25NO/c1-12-16-6-7-17-15-5-4-14(20-3)10-13(15)8-9-18(16,17)11-19(12)2/h4-5,10,12,16-17H,6-9,11H2,1-3H3/t12-,16+,17-,18-/m0/s1. The van der Waals surface area contributed by atoms with Crippen molar-refractivity contribution in [3.8, 4) is 5.75 Å². The lowest BCUT2D eigenvalue weighted by Crippen LogP contribution is -2.36. The first-order valence-corrected chi connectivity index (χ1v) is 8.03. The summed E-state index contributed by atoms with van der Waals surface area (Å²) >= 11 is 0. The van der Waals surface area contributed by atoms with Gasteiger partial charge in [0.25, 0.3) is 0 Å². The average Bonchev–Trinajstić information content (AvgIpc) is 2.94. The van der Waals surface area contributed by atoms with Gasteiger partial charge in [0.05, 0.1) is 7.11 Å². The molecule has 2 heteroatoms. The quantitative estimate of drug-likeness (QED) is 0.775. The van der Waals surface area contributed by atoms with E-state index < -0.39 is 0 Å². The summed E-state index contributed by atoms with van der Waals surface area (Å²) in [6.45, 7) is 3.74. The van der Waals surface area contributed by atoms with Crippen LogP contribution in [0.15, 0.2) is 18.2 Å². The summed E-state index contributed by atoms with van der Waals surface area (Å²) in [6, 6.07) is 7.55. The molecule has 1 aromatic carbocycles. The van der Waals surface area contributed by atoms with Crippen LogP contribution in [0.4, 0.5) is 0 Å². The Morgan fingerprint density at radius 3 is 2.95 bits per heavy atom.